The fourth-order valence-electron chi connectivity index (χ4n) is 2.10. The molecule has 1 aliphatic rings. The van der Waals surface area contributed by atoms with Crippen LogP contribution in [0.15, 0.2) is 18.2 Å². The lowest BCUT2D eigenvalue weighted by atomic mass is 10.2. The number of ether oxygens (including phenoxy) is 2. The van der Waals surface area contributed by atoms with Crippen LogP contribution in [0.2, 0.25) is 5.02 Å². The van der Waals surface area contributed by atoms with Crippen molar-refractivity contribution in [1.82, 2.24) is 4.90 Å². The van der Waals surface area contributed by atoms with Gasteiger partial charge in [-0.1, -0.05) is 17.7 Å². The minimum absolute atomic E-state index is 0.155. The molecule has 1 N–H and O–H groups in total. The Morgan fingerprint density at radius 3 is 2.82 bits per heavy atom. The van der Waals surface area contributed by atoms with Crippen LogP contribution in [-0.2, 0) is 16.1 Å². The molecule has 0 bridgehead atoms. The van der Waals surface area contributed by atoms with Gasteiger partial charge < -0.3 is 14.6 Å². The predicted molar refractivity (Wildman–Crippen MR) is 70.8 cm³/mol. The summed E-state index contributed by atoms with van der Waals surface area (Å²) in [5.41, 5.74) is 0.658. The number of aliphatic carboxylic acids is 1. The van der Waals surface area contributed by atoms with Gasteiger partial charge >= 0.3 is 12.3 Å². The molecule has 0 radical (unpaired) electrons. The highest BCUT2D eigenvalue weighted by Gasteiger charge is 2.32. The zero-order chi connectivity index (χ0) is 16.3. The minimum atomic E-state index is -4.80. The molecule has 0 spiro atoms. The van der Waals surface area contributed by atoms with Crippen molar-refractivity contribution in [1.29, 1.82) is 0 Å². The molecular weight excluding hydrogens is 327 g/mol. The van der Waals surface area contributed by atoms with Crippen LogP contribution < -0.4 is 4.74 Å². The van der Waals surface area contributed by atoms with E-state index in [1.54, 1.807) is 0 Å². The summed E-state index contributed by atoms with van der Waals surface area (Å²) in [5, 5.41) is 8.76. The first-order valence-electron chi connectivity index (χ1n) is 6.35. The Morgan fingerprint density at radius 2 is 2.23 bits per heavy atom. The maximum absolute atomic E-state index is 12.2. The van der Waals surface area contributed by atoms with Crippen LogP contribution in [0.4, 0.5) is 13.2 Å². The monoisotopic (exact) mass is 339 g/mol. The normalized spacial score (nSPS) is 19.9. The first kappa shape index (κ1) is 16.9. The van der Waals surface area contributed by atoms with Gasteiger partial charge in [0.25, 0.3) is 0 Å². The number of hydrogen-bond acceptors (Lipinski definition) is 4. The number of carboxylic acids is 1. The van der Waals surface area contributed by atoms with Crippen LogP contribution in [-0.4, -0.2) is 48.1 Å². The Balaban J connectivity index is 2.01. The van der Waals surface area contributed by atoms with Gasteiger partial charge in [-0.2, -0.15) is 0 Å². The number of hydrogen-bond donors (Lipinski definition) is 1. The van der Waals surface area contributed by atoms with Gasteiger partial charge in [0, 0.05) is 19.6 Å². The molecule has 2 rings (SSSR count). The molecule has 22 heavy (non-hydrogen) atoms. The van der Waals surface area contributed by atoms with E-state index in [2.05, 4.69) is 4.74 Å². The summed E-state index contributed by atoms with van der Waals surface area (Å²) >= 11 is 5.77. The Kier molecular flexibility index (Phi) is 5.15. The SMILES string of the molecule is O=C(O)C1CN(Cc2ccc(OC(F)(F)F)c(Cl)c2)CCO1. The second kappa shape index (κ2) is 6.72. The molecule has 0 aromatic heterocycles. The van der Waals surface area contributed by atoms with Crippen molar-refractivity contribution < 1.29 is 32.5 Å². The van der Waals surface area contributed by atoms with E-state index in [9.17, 15) is 18.0 Å². The lowest BCUT2D eigenvalue weighted by Gasteiger charge is -2.30. The van der Waals surface area contributed by atoms with Gasteiger partial charge in [0.05, 0.1) is 11.6 Å². The van der Waals surface area contributed by atoms with E-state index < -0.39 is 24.2 Å². The summed E-state index contributed by atoms with van der Waals surface area (Å²) in [7, 11) is 0. The third kappa shape index (κ3) is 4.75. The largest absolute Gasteiger partial charge is 0.573 e. The fourth-order valence-corrected chi connectivity index (χ4v) is 2.35. The second-order valence-corrected chi connectivity index (χ2v) is 5.15. The number of nitrogens with zero attached hydrogens (tertiary/aromatic N) is 1. The molecular formula is C13H13ClF3NO4. The van der Waals surface area contributed by atoms with Crippen molar-refractivity contribution in [3.63, 3.8) is 0 Å². The summed E-state index contributed by atoms with van der Waals surface area (Å²) in [4.78, 5) is 12.7. The highest BCUT2D eigenvalue weighted by molar-refractivity contribution is 6.32. The van der Waals surface area contributed by atoms with Crippen LogP contribution in [0.5, 0.6) is 5.75 Å². The Bertz CT molecular complexity index is 553. The van der Waals surface area contributed by atoms with E-state index in [1.807, 2.05) is 4.90 Å². The van der Waals surface area contributed by atoms with Gasteiger partial charge in [-0.25, -0.2) is 4.79 Å². The molecule has 0 aliphatic carbocycles. The Hall–Kier alpha value is -1.51. The molecule has 0 saturated carbocycles. The zero-order valence-electron chi connectivity index (χ0n) is 11.3. The quantitative estimate of drug-likeness (QED) is 0.913. The highest BCUT2D eigenvalue weighted by atomic mass is 35.5. The summed E-state index contributed by atoms with van der Waals surface area (Å²) in [5.74, 6) is -1.51. The van der Waals surface area contributed by atoms with Gasteiger partial charge in [-0.05, 0) is 17.7 Å². The molecule has 122 valence electrons. The van der Waals surface area contributed by atoms with Gasteiger partial charge in [-0.15, -0.1) is 13.2 Å². The van der Waals surface area contributed by atoms with E-state index in [-0.39, 0.29) is 18.2 Å². The summed E-state index contributed by atoms with van der Waals surface area (Å²) in [6.45, 7) is 1.37. The fraction of sp³-hybridized carbons (Fsp3) is 0.462. The number of morpholine rings is 1. The zero-order valence-corrected chi connectivity index (χ0v) is 12.0. The molecule has 1 aliphatic heterocycles. The summed E-state index contributed by atoms with van der Waals surface area (Å²) in [6, 6.07) is 3.96. The Morgan fingerprint density at radius 1 is 1.50 bits per heavy atom. The van der Waals surface area contributed by atoms with Crippen LogP contribution in [0, 0.1) is 0 Å². The van der Waals surface area contributed by atoms with Crippen LogP contribution in [0.25, 0.3) is 0 Å². The average molecular weight is 340 g/mol. The molecule has 1 aromatic carbocycles. The maximum atomic E-state index is 12.2. The van der Waals surface area contributed by atoms with Crippen LogP contribution >= 0.6 is 11.6 Å². The maximum Gasteiger partial charge on any atom is 0.573 e. The van der Waals surface area contributed by atoms with Crippen molar-refractivity contribution >= 4 is 17.6 Å². The molecule has 0 amide bonds. The van der Waals surface area contributed by atoms with E-state index in [4.69, 9.17) is 21.4 Å². The average Bonchev–Trinajstić information content (AvgIpc) is 2.41. The van der Waals surface area contributed by atoms with Crippen LogP contribution in [0.1, 0.15) is 5.56 Å². The number of benzene rings is 1. The lowest BCUT2D eigenvalue weighted by molar-refractivity contribution is -0.274. The molecule has 1 saturated heterocycles. The van der Waals surface area contributed by atoms with Crippen molar-refractivity contribution in [2.45, 2.75) is 19.0 Å². The standard InChI is InChI=1S/C13H13ClF3NO4/c14-9-5-8(1-2-10(9)22-13(15,16)17)6-18-3-4-21-11(7-18)12(19)20/h1-2,5,11H,3-4,6-7H2,(H,19,20). The number of halogens is 4. The molecule has 1 aromatic rings. The molecule has 5 nitrogen and oxygen atoms in total. The van der Waals surface area contributed by atoms with Crippen molar-refractivity contribution in [2.24, 2.45) is 0 Å². The summed E-state index contributed by atoms with van der Waals surface area (Å²) in [6.07, 6.45) is -5.71. The topological polar surface area (TPSA) is 59.0 Å². The van der Waals surface area contributed by atoms with Crippen LogP contribution in [0.3, 0.4) is 0 Å². The van der Waals surface area contributed by atoms with Gasteiger partial charge in [0.2, 0.25) is 0 Å². The van der Waals surface area contributed by atoms with Gasteiger partial charge in [0.15, 0.2) is 6.10 Å². The number of alkyl halides is 3. The van der Waals surface area contributed by atoms with E-state index in [0.717, 1.165) is 6.07 Å². The molecule has 1 fully saturated rings. The Labute approximate surface area is 129 Å². The van der Waals surface area contributed by atoms with E-state index >= 15 is 0 Å². The molecule has 1 unspecified atom stereocenters. The first-order chi connectivity index (χ1) is 10.2. The molecule has 1 atom stereocenters. The van der Waals surface area contributed by atoms with Crippen molar-refractivity contribution in [3.8, 4) is 5.75 Å². The van der Waals surface area contributed by atoms with Crippen molar-refractivity contribution in [2.75, 3.05) is 19.7 Å². The number of rotatable bonds is 4. The lowest BCUT2D eigenvalue weighted by Crippen LogP contribution is -2.45. The molecule has 9 heteroatoms. The first-order valence-corrected chi connectivity index (χ1v) is 6.73. The number of carbonyl (C=O) groups is 1. The number of carboxylic acid groups (broad SMARTS) is 1. The van der Waals surface area contributed by atoms with E-state index in [1.165, 1.54) is 12.1 Å². The molecule has 1 heterocycles. The second-order valence-electron chi connectivity index (χ2n) is 4.75. The minimum Gasteiger partial charge on any atom is -0.479 e. The highest BCUT2D eigenvalue weighted by Crippen LogP contribution is 2.31. The third-order valence-electron chi connectivity index (χ3n) is 3.05. The summed E-state index contributed by atoms with van der Waals surface area (Å²) < 4.78 is 45.3. The van der Waals surface area contributed by atoms with Gasteiger partial charge in [-0.3, -0.25) is 4.90 Å². The van der Waals surface area contributed by atoms with Crippen molar-refractivity contribution in [3.05, 3.63) is 28.8 Å². The van der Waals surface area contributed by atoms with Gasteiger partial charge in [0.1, 0.15) is 5.75 Å². The predicted octanol–water partition coefficient (Wildman–Crippen LogP) is 2.52. The smallest absolute Gasteiger partial charge is 0.479 e. The third-order valence-corrected chi connectivity index (χ3v) is 3.35. The van der Waals surface area contributed by atoms with E-state index in [0.29, 0.717) is 18.7 Å².